The number of amides is 1. The lowest BCUT2D eigenvalue weighted by Gasteiger charge is -2.19. The number of alkyl halides is 3. The van der Waals surface area contributed by atoms with Crippen LogP contribution >= 0.6 is 0 Å². The summed E-state index contributed by atoms with van der Waals surface area (Å²) in [4.78, 5) is 11.5. The Bertz CT molecular complexity index is 404. The highest BCUT2D eigenvalue weighted by Gasteiger charge is 2.28. The molecule has 0 radical (unpaired) electrons. The smallest absolute Gasteiger partial charge is 0.405 e. The third kappa shape index (κ3) is 6.60. The molecule has 1 amide bonds. The van der Waals surface area contributed by atoms with Gasteiger partial charge in [0.25, 0.3) is 0 Å². The van der Waals surface area contributed by atoms with Gasteiger partial charge in [0.05, 0.1) is 12.3 Å². The molecule has 0 fully saturated rings. The number of furan rings is 1. The molecule has 114 valence electrons. The van der Waals surface area contributed by atoms with Gasteiger partial charge in [-0.05, 0) is 32.4 Å². The first kappa shape index (κ1) is 16.6. The molecule has 1 heterocycles. The molecule has 0 aromatic carbocycles. The fourth-order valence-corrected chi connectivity index (χ4v) is 1.74. The Hall–Kier alpha value is -1.50. The molecule has 0 saturated carbocycles. The molecule has 7 heteroatoms. The van der Waals surface area contributed by atoms with E-state index in [1.165, 1.54) is 6.92 Å². The summed E-state index contributed by atoms with van der Waals surface area (Å²) in [6.07, 6.45) is -1.37. The molecule has 0 spiro atoms. The zero-order chi connectivity index (χ0) is 15.2. The molecule has 1 aromatic rings. The lowest BCUT2D eigenvalue weighted by molar-refractivity contribution is -0.139. The minimum absolute atomic E-state index is 0.00765. The predicted molar refractivity (Wildman–Crippen MR) is 68.2 cm³/mol. The first-order valence-electron chi connectivity index (χ1n) is 6.41. The molecule has 2 N–H and O–H groups in total. The van der Waals surface area contributed by atoms with Gasteiger partial charge in [-0.15, -0.1) is 0 Å². The number of carbonyl (C=O) groups is 1. The minimum Gasteiger partial charge on any atom is -0.469 e. The van der Waals surface area contributed by atoms with Crippen LogP contribution in [0.25, 0.3) is 0 Å². The van der Waals surface area contributed by atoms with Gasteiger partial charge in [-0.1, -0.05) is 0 Å². The van der Waals surface area contributed by atoms with Gasteiger partial charge in [-0.2, -0.15) is 13.2 Å². The first-order chi connectivity index (χ1) is 9.28. The quantitative estimate of drug-likeness (QED) is 0.810. The topological polar surface area (TPSA) is 54.3 Å². The second-order valence-corrected chi connectivity index (χ2v) is 4.74. The number of rotatable bonds is 7. The molecule has 0 aliphatic carbocycles. The average Bonchev–Trinajstić information content (AvgIpc) is 2.85. The van der Waals surface area contributed by atoms with Crippen molar-refractivity contribution in [2.75, 3.05) is 6.54 Å². The van der Waals surface area contributed by atoms with Crippen molar-refractivity contribution in [3.63, 3.8) is 0 Å². The van der Waals surface area contributed by atoms with Crippen molar-refractivity contribution in [1.82, 2.24) is 10.6 Å². The van der Waals surface area contributed by atoms with Crippen LogP contribution in [0.5, 0.6) is 0 Å². The van der Waals surface area contributed by atoms with Crippen LogP contribution in [0.3, 0.4) is 0 Å². The summed E-state index contributed by atoms with van der Waals surface area (Å²) in [5.74, 6) is 0.181. The molecule has 2 unspecified atom stereocenters. The third-order valence-electron chi connectivity index (χ3n) is 2.79. The molecule has 2 atom stereocenters. The van der Waals surface area contributed by atoms with Crippen LogP contribution in [-0.2, 0) is 11.2 Å². The Morgan fingerprint density at radius 3 is 2.65 bits per heavy atom. The van der Waals surface area contributed by atoms with Crippen LogP contribution in [-0.4, -0.2) is 30.7 Å². The number of nitrogens with one attached hydrogen (secondary N) is 2. The maximum absolute atomic E-state index is 12.0. The van der Waals surface area contributed by atoms with E-state index in [4.69, 9.17) is 4.42 Å². The van der Waals surface area contributed by atoms with Crippen molar-refractivity contribution < 1.29 is 22.4 Å². The maximum Gasteiger partial charge on any atom is 0.405 e. The van der Waals surface area contributed by atoms with E-state index >= 15 is 0 Å². The molecule has 4 nitrogen and oxygen atoms in total. The van der Waals surface area contributed by atoms with Crippen LogP contribution in [0, 0.1) is 0 Å². The Labute approximate surface area is 115 Å². The molecule has 20 heavy (non-hydrogen) atoms. The van der Waals surface area contributed by atoms with Gasteiger partial charge in [0.1, 0.15) is 12.3 Å². The Balaban J connectivity index is 2.26. The number of hydrogen-bond acceptors (Lipinski definition) is 3. The van der Waals surface area contributed by atoms with Crippen LogP contribution in [0.2, 0.25) is 0 Å². The van der Waals surface area contributed by atoms with Gasteiger partial charge in [-0.3, -0.25) is 4.79 Å². The Kier molecular flexibility index (Phi) is 6.06. The number of aryl methyl sites for hydroxylation is 1. The molecule has 1 rings (SSSR count). The highest BCUT2D eigenvalue weighted by Crippen LogP contribution is 2.12. The SMILES string of the molecule is CC(CCc1ccco1)NC(C)C(=O)NCC(F)(F)F. The van der Waals surface area contributed by atoms with Crippen molar-refractivity contribution in [3.8, 4) is 0 Å². The largest absolute Gasteiger partial charge is 0.469 e. The zero-order valence-electron chi connectivity index (χ0n) is 11.5. The molecular formula is C13H19F3N2O2. The number of carbonyl (C=O) groups excluding carboxylic acids is 1. The number of halogens is 3. The molecule has 0 aliphatic heterocycles. The van der Waals surface area contributed by atoms with E-state index in [1.807, 2.05) is 18.3 Å². The second kappa shape index (κ2) is 7.33. The minimum atomic E-state index is -4.39. The van der Waals surface area contributed by atoms with E-state index in [2.05, 4.69) is 5.32 Å². The normalized spacial score (nSPS) is 14.8. The van der Waals surface area contributed by atoms with E-state index in [9.17, 15) is 18.0 Å². The van der Waals surface area contributed by atoms with Crippen molar-refractivity contribution in [2.24, 2.45) is 0 Å². The summed E-state index contributed by atoms with van der Waals surface area (Å²) in [5.41, 5.74) is 0. The third-order valence-corrected chi connectivity index (χ3v) is 2.79. The van der Waals surface area contributed by atoms with Gasteiger partial charge in [0.2, 0.25) is 5.91 Å². The van der Waals surface area contributed by atoms with Crippen molar-refractivity contribution in [2.45, 2.75) is 44.9 Å². The molecule has 1 aromatic heterocycles. The van der Waals surface area contributed by atoms with Gasteiger partial charge in [-0.25, -0.2) is 0 Å². The molecule has 0 bridgehead atoms. The van der Waals surface area contributed by atoms with Crippen molar-refractivity contribution >= 4 is 5.91 Å². The van der Waals surface area contributed by atoms with Crippen LogP contribution in [0.15, 0.2) is 22.8 Å². The maximum atomic E-state index is 12.0. The van der Waals surface area contributed by atoms with E-state index in [0.717, 1.165) is 12.2 Å². The fourth-order valence-electron chi connectivity index (χ4n) is 1.74. The van der Waals surface area contributed by atoms with Gasteiger partial charge >= 0.3 is 6.18 Å². The van der Waals surface area contributed by atoms with Gasteiger partial charge < -0.3 is 15.1 Å². The van der Waals surface area contributed by atoms with Crippen LogP contribution in [0.1, 0.15) is 26.0 Å². The van der Waals surface area contributed by atoms with E-state index < -0.39 is 24.7 Å². The summed E-state index contributed by atoms with van der Waals surface area (Å²) in [6, 6.07) is 2.96. The van der Waals surface area contributed by atoms with Crippen LogP contribution in [0.4, 0.5) is 13.2 Å². The van der Waals surface area contributed by atoms with Gasteiger partial charge in [0.15, 0.2) is 0 Å². The van der Waals surface area contributed by atoms with Crippen LogP contribution < -0.4 is 10.6 Å². The van der Waals surface area contributed by atoms with Gasteiger partial charge in [0, 0.05) is 12.5 Å². The molecule has 0 aliphatic rings. The molecular weight excluding hydrogens is 273 g/mol. The zero-order valence-corrected chi connectivity index (χ0v) is 11.5. The average molecular weight is 292 g/mol. The first-order valence-corrected chi connectivity index (χ1v) is 6.41. The summed E-state index contributed by atoms with van der Waals surface area (Å²) < 4.78 is 41.1. The lowest BCUT2D eigenvalue weighted by Crippen LogP contribution is -2.47. The lowest BCUT2D eigenvalue weighted by atomic mass is 10.1. The highest BCUT2D eigenvalue weighted by atomic mass is 19.4. The second-order valence-electron chi connectivity index (χ2n) is 4.74. The highest BCUT2D eigenvalue weighted by molar-refractivity contribution is 5.81. The predicted octanol–water partition coefficient (Wildman–Crippen LogP) is 2.26. The summed E-state index contributed by atoms with van der Waals surface area (Å²) in [6.45, 7) is 2.10. The van der Waals surface area contributed by atoms with E-state index in [0.29, 0.717) is 6.42 Å². The number of hydrogen-bond donors (Lipinski definition) is 2. The van der Waals surface area contributed by atoms with Crippen molar-refractivity contribution in [1.29, 1.82) is 0 Å². The fraction of sp³-hybridized carbons (Fsp3) is 0.615. The van der Waals surface area contributed by atoms with Crippen molar-refractivity contribution in [3.05, 3.63) is 24.2 Å². The summed E-state index contributed by atoms with van der Waals surface area (Å²) >= 11 is 0. The summed E-state index contributed by atoms with van der Waals surface area (Å²) in [5, 5.41) is 4.81. The van der Waals surface area contributed by atoms with E-state index in [-0.39, 0.29) is 6.04 Å². The monoisotopic (exact) mass is 292 g/mol. The molecule has 0 saturated heterocycles. The summed E-state index contributed by atoms with van der Waals surface area (Å²) in [7, 11) is 0. The Morgan fingerprint density at radius 2 is 2.10 bits per heavy atom. The standard InChI is InChI=1S/C13H19F3N2O2/c1-9(5-6-11-4-3-7-20-11)18-10(2)12(19)17-8-13(14,15)16/h3-4,7,9-10,18H,5-6,8H2,1-2H3,(H,17,19). The Morgan fingerprint density at radius 1 is 1.40 bits per heavy atom. The van der Waals surface area contributed by atoms with E-state index in [1.54, 1.807) is 12.3 Å².